The second-order valence-electron chi connectivity index (χ2n) is 5.78. The first-order valence-corrected chi connectivity index (χ1v) is 8.80. The summed E-state index contributed by atoms with van der Waals surface area (Å²) in [5.74, 6) is -0.286. The Morgan fingerprint density at radius 3 is 2.84 bits per heavy atom. The zero-order valence-electron chi connectivity index (χ0n) is 13.3. The zero-order valence-corrected chi connectivity index (χ0v) is 14.1. The summed E-state index contributed by atoms with van der Waals surface area (Å²) in [7, 11) is 0. The molecule has 2 aromatic carbocycles. The van der Waals surface area contributed by atoms with Crippen molar-refractivity contribution in [2.45, 2.75) is 6.42 Å². The van der Waals surface area contributed by atoms with Gasteiger partial charge in [-0.05, 0) is 22.8 Å². The number of amides is 1. The highest BCUT2D eigenvalue weighted by atomic mass is 32.1. The molecule has 1 amide bonds. The monoisotopic (exact) mass is 354 g/mol. The highest BCUT2D eigenvalue weighted by molar-refractivity contribution is 7.13. The summed E-state index contributed by atoms with van der Waals surface area (Å²) in [5, 5.41) is 2.74. The minimum Gasteiger partial charge on any atom is -0.491 e. The molecule has 6 heteroatoms. The van der Waals surface area contributed by atoms with Crippen molar-refractivity contribution < 1.29 is 13.9 Å². The van der Waals surface area contributed by atoms with Crippen LogP contribution in [0.5, 0.6) is 5.75 Å². The van der Waals surface area contributed by atoms with Crippen LogP contribution >= 0.6 is 11.3 Å². The van der Waals surface area contributed by atoms with Gasteiger partial charge in [-0.25, -0.2) is 4.39 Å². The molecule has 0 spiro atoms. The minimum atomic E-state index is -0.361. The molecule has 4 rings (SSSR count). The van der Waals surface area contributed by atoms with Gasteiger partial charge < -0.3 is 10.1 Å². The van der Waals surface area contributed by atoms with Gasteiger partial charge in [0, 0.05) is 18.7 Å². The lowest BCUT2D eigenvalue weighted by Gasteiger charge is -2.10. The summed E-state index contributed by atoms with van der Waals surface area (Å²) in [5.41, 5.74) is 4.71. The topological polar surface area (TPSA) is 51.2 Å². The van der Waals surface area contributed by atoms with Gasteiger partial charge in [0.1, 0.15) is 18.2 Å². The first-order valence-electron chi connectivity index (χ1n) is 7.92. The molecule has 1 aromatic heterocycles. The zero-order chi connectivity index (χ0) is 17.2. The Kier molecular flexibility index (Phi) is 4.19. The number of nitrogens with one attached hydrogen (secondary N) is 1. The predicted molar refractivity (Wildman–Crippen MR) is 94.6 cm³/mol. The molecule has 25 heavy (non-hydrogen) atoms. The maximum Gasteiger partial charge on any atom is 0.255 e. The molecule has 2 heterocycles. The maximum absolute atomic E-state index is 14.4. The molecular weight excluding hydrogens is 339 g/mol. The summed E-state index contributed by atoms with van der Waals surface area (Å²) in [6.07, 6.45) is 2.24. The quantitative estimate of drug-likeness (QED) is 0.781. The molecule has 4 nitrogen and oxygen atoms in total. The lowest BCUT2D eigenvalue weighted by molar-refractivity contribution is 0.0957. The number of rotatable bonds is 3. The molecule has 0 fully saturated rings. The molecule has 0 aliphatic carbocycles. The Labute approximate surface area is 148 Å². The average Bonchev–Trinajstić information content (AvgIpc) is 3.10. The number of thiazole rings is 1. The van der Waals surface area contributed by atoms with Gasteiger partial charge in [-0.2, -0.15) is 0 Å². The summed E-state index contributed by atoms with van der Waals surface area (Å²) in [6.45, 7) is 0.764. The molecule has 1 N–H and O–H groups in total. The normalized spacial score (nSPS) is 13.6. The molecular formula is C19H15FN2O2S. The van der Waals surface area contributed by atoms with Crippen molar-refractivity contribution >= 4 is 17.2 Å². The van der Waals surface area contributed by atoms with Gasteiger partial charge in [-0.15, -0.1) is 11.3 Å². The molecule has 126 valence electrons. The fourth-order valence-electron chi connectivity index (χ4n) is 2.82. The first kappa shape index (κ1) is 15.8. The third-order valence-corrected chi connectivity index (χ3v) is 4.93. The molecule has 0 atom stereocenters. The number of hydrogen-bond donors (Lipinski definition) is 1. The number of benzene rings is 2. The van der Waals surface area contributed by atoms with Crippen LogP contribution in [-0.4, -0.2) is 24.0 Å². The maximum atomic E-state index is 14.4. The SMILES string of the molecule is O=C1NCCOc2cc(F)c(Cc3ccc(-c4cncs4)cc3)cc21. The molecule has 0 radical (unpaired) electrons. The van der Waals surface area contributed by atoms with Gasteiger partial charge in [0.2, 0.25) is 0 Å². The third-order valence-electron chi connectivity index (χ3n) is 4.10. The molecule has 1 aliphatic heterocycles. The summed E-state index contributed by atoms with van der Waals surface area (Å²) in [6, 6.07) is 10.8. The second kappa shape index (κ2) is 6.64. The summed E-state index contributed by atoms with van der Waals surface area (Å²) in [4.78, 5) is 17.2. The van der Waals surface area contributed by atoms with Crippen molar-refractivity contribution in [3.63, 3.8) is 0 Å². The van der Waals surface area contributed by atoms with E-state index in [-0.39, 0.29) is 11.7 Å². The molecule has 3 aromatic rings. The Morgan fingerprint density at radius 1 is 1.24 bits per heavy atom. The van der Waals surface area contributed by atoms with Crippen LogP contribution in [0.25, 0.3) is 10.4 Å². The van der Waals surface area contributed by atoms with E-state index in [4.69, 9.17) is 4.74 Å². The van der Waals surface area contributed by atoms with Gasteiger partial charge >= 0.3 is 0 Å². The predicted octanol–water partition coefficient (Wildman–Crippen LogP) is 3.66. The number of ether oxygens (including phenoxy) is 1. The molecule has 0 unspecified atom stereocenters. The smallest absolute Gasteiger partial charge is 0.255 e. The van der Waals surface area contributed by atoms with Crippen LogP contribution in [0.15, 0.2) is 48.1 Å². The van der Waals surface area contributed by atoms with E-state index in [0.29, 0.717) is 36.4 Å². The van der Waals surface area contributed by atoms with Crippen molar-refractivity contribution in [1.29, 1.82) is 0 Å². The molecule has 0 saturated heterocycles. The average molecular weight is 354 g/mol. The second-order valence-corrected chi connectivity index (χ2v) is 6.67. The van der Waals surface area contributed by atoms with Crippen molar-refractivity contribution in [3.8, 4) is 16.2 Å². The standard InChI is InChI=1S/C19H15FN2O2S/c20-16-9-17-15(19(23)22-5-6-24-17)8-14(16)7-12-1-3-13(4-2-12)18-10-21-11-25-18/h1-4,8-11H,5-7H2,(H,22,23). The van der Waals surface area contributed by atoms with E-state index < -0.39 is 0 Å². The van der Waals surface area contributed by atoms with E-state index in [1.54, 1.807) is 22.9 Å². The largest absolute Gasteiger partial charge is 0.491 e. The minimum absolute atomic E-state index is 0.228. The van der Waals surface area contributed by atoms with Crippen LogP contribution in [0.4, 0.5) is 4.39 Å². The lowest BCUT2D eigenvalue weighted by Crippen LogP contribution is -2.24. The summed E-state index contributed by atoms with van der Waals surface area (Å²) >= 11 is 1.58. The molecule has 1 aliphatic rings. The van der Waals surface area contributed by atoms with Crippen molar-refractivity contribution in [2.24, 2.45) is 0 Å². The Morgan fingerprint density at radius 2 is 2.08 bits per heavy atom. The number of nitrogens with zero attached hydrogens (tertiary/aromatic N) is 1. The Hall–Kier alpha value is -2.73. The number of halogens is 1. The molecule has 0 saturated carbocycles. The van der Waals surface area contributed by atoms with Crippen LogP contribution in [-0.2, 0) is 6.42 Å². The van der Waals surface area contributed by atoms with Crippen molar-refractivity contribution in [2.75, 3.05) is 13.2 Å². The van der Waals surface area contributed by atoms with E-state index in [1.807, 2.05) is 30.5 Å². The number of carbonyl (C=O) groups excluding carboxylic acids is 1. The van der Waals surface area contributed by atoms with Gasteiger partial charge in [-0.3, -0.25) is 9.78 Å². The Bertz CT molecular complexity index is 908. The third kappa shape index (κ3) is 3.25. The van der Waals surface area contributed by atoms with Gasteiger partial charge in [0.15, 0.2) is 0 Å². The lowest BCUT2D eigenvalue weighted by atomic mass is 10.00. The van der Waals surface area contributed by atoms with Crippen molar-refractivity contribution in [3.05, 3.63) is 70.6 Å². The van der Waals surface area contributed by atoms with Crippen LogP contribution in [0.1, 0.15) is 21.5 Å². The van der Waals surface area contributed by atoms with E-state index in [1.165, 1.54) is 6.07 Å². The van der Waals surface area contributed by atoms with Gasteiger partial charge in [0.25, 0.3) is 5.91 Å². The number of fused-ring (bicyclic) bond motifs is 1. The fraction of sp³-hybridized carbons (Fsp3) is 0.158. The number of carbonyl (C=O) groups is 1. The summed E-state index contributed by atoms with van der Waals surface area (Å²) < 4.78 is 19.8. The van der Waals surface area contributed by atoms with Crippen LogP contribution in [0, 0.1) is 5.82 Å². The number of hydrogen-bond acceptors (Lipinski definition) is 4. The molecule has 0 bridgehead atoms. The van der Waals surface area contributed by atoms with Crippen LogP contribution in [0.2, 0.25) is 0 Å². The Balaban J connectivity index is 1.61. The van der Waals surface area contributed by atoms with E-state index >= 15 is 0 Å². The highest BCUT2D eigenvalue weighted by Gasteiger charge is 2.19. The van der Waals surface area contributed by atoms with Gasteiger partial charge in [-0.1, -0.05) is 24.3 Å². The first-order chi connectivity index (χ1) is 12.2. The number of aromatic nitrogens is 1. The van der Waals surface area contributed by atoms with E-state index in [2.05, 4.69) is 10.3 Å². The van der Waals surface area contributed by atoms with Crippen molar-refractivity contribution in [1.82, 2.24) is 10.3 Å². The fourth-order valence-corrected chi connectivity index (χ4v) is 3.45. The highest BCUT2D eigenvalue weighted by Crippen LogP contribution is 2.27. The van der Waals surface area contributed by atoms with Crippen LogP contribution < -0.4 is 10.1 Å². The van der Waals surface area contributed by atoms with Crippen LogP contribution in [0.3, 0.4) is 0 Å². The van der Waals surface area contributed by atoms with E-state index in [9.17, 15) is 9.18 Å². The van der Waals surface area contributed by atoms with E-state index in [0.717, 1.165) is 16.0 Å². The van der Waals surface area contributed by atoms with Gasteiger partial charge in [0.05, 0.1) is 22.5 Å².